The number of hydrogen-bond acceptors (Lipinski definition) is 5. The van der Waals surface area contributed by atoms with E-state index in [1.807, 2.05) is 54.7 Å². The normalized spacial score (nSPS) is 8.70. The molecule has 0 spiro atoms. The molecule has 0 bridgehead atoms. The van der Waals surface area contributed by atoms with Gasteiger partial charge in [-0.2, -0.15) is 14.9 Å². The number of aryl methyl sites for hydroxylation is 2. The molecule has 0 radical (unpaired) electrons. The van der Waals surface area contributed by atoms with Crippen LogP contribution in [0, 0.1) is 18.3 Å². The zero-order chi connectivity index (χ0) is 18.6. The molecule has 2 aromatic rings. The Balaban J connectivity index is 0. The van der Waals surface area contributed by atoms with E-state index in [9.17, 15) is 0 Å². The zero-order valence-electron chi connectivity index (χ0n) is 16.0. The summed E-state index contributed by atoms with van der Waals surface area (Å²) in [4.78, 5) is 4.48. The van der Waals surface area contributed by atoms with Gasteiger partial charge in [0.05, 0.1) is 5.69 Å². The molecule has 0 saturated carbocycles. The Bertz CT molecular complexity index is 626. The van der Waals surface area contributed by atoms with Gasteiger partial charge in [0.25, 0.3) is 0 Å². The molecule has 23 heavy (non-hydrogen) atoms. The first-order valence-corrected chi connectivity index (χ1v) is 9.48. The van der Waals surface area contributed by atoms with Gasteiger partial charge < -0.3 is 5.73 Å². The molecule has 0 aliphatic rings. The highest BCUT2D eigenvalue weighted by Crippen LogP contribution is 2.26. The molecule has 0 aliphatic carbocycles. The maximum Gasteiger partial charge on any atom is 0.162 e. The number of nitriles is 1. The van der Waals surface area contributed by atoms with Gasteiger partial charge in [0.1, 0.15) is 22.5 Å². The van der Waals surface area contributed by atoms with E-state index >= 15 is 0 Å². The summed E-state index contributed by atoms with van der Waals surface area (Å²) in [5, 5.41) is 14.1. The average molecular weight is 338 g/mol. The summed E-state index contributed by atoms with van der Waals surface area (Å²) in [7, 11) is 0. The number of nitrogens with zero attached hydrogens (tertiary/aromatic N) is 4. The Morgan fingerprint density at radius 2 is 1.70 bits per heavy atom. The van der Waals surface area contributed by atoms with E-state index in [-0.39, 0.29) is 0 Å². The molecular weight excluding hydrogens is 306 g/mol. The number of thioether (sulfide) groups is 1. The third kappa shape index (κ3) is 5.14. The van der Waals surface area contributed by atoms with Crippen molar-refractivity contribution in [1.82, 2.24) is 14.6 Å². The van der Waals surface area contributed by atoms with Gasteiger partial charge in [-0.05, 0) is 19.6 Å². The van der Waals surface area contributed by atoms with E-state index in [2.05, 4.69) is 23.1 Å². The third-order valence-corrected chi connectivity index (χ3v) is 3.40. The van der Waals surface area contributed by atoms with Crippen molar-refractivity contribution in [3.8, 4) is 6.07 Å². The lowest BCUT2D eigenvalue weighted by Gasteiger charge is -2.05. The smallest absolute Gasteiger partial charge is 0.162 e. The Labute approximate surface area is 145 Å². The summed E-state index contributed by atoms with van der Waals surface area (Å²) in [6.45, 7) is 16.0. The van der Waals surface area contributed by atoms with Crippen LogP contribution < -0.4 is 5.73 Å². The Hall–Kier alpha value is -1.74. The van der Waals surface area contributed by atoms with Gasteiger partial charge in [0.2, 0.25) is 0 Å². The molecule has 2 aromatic heterocycles. The van der Waals surface area contributed by atoms with Gasteiger partial charge in [-0.25, -0.2) is 4.98 Å². The van der Waals surface area contributed by atoms with Gasteiger partial charge in [0.15, 0.2) is 5.65 Å². The van der Waals surface area contributed by atoms with Crippen molar-refractivity contribution in [1.29, 1.82) is 5.26 Å². The Morgan fingerprint density at radius 3 is 2.09 bits per heavy atom. The number of aromatic nitrogens is 3. The van der Waals surface area contributed by atoms with Gasteiger partial charge in [-0.15, -0.1) is 11.8 Å². The number of nitrogen functional groups attached to an aromatic ring is 1. The maximum absolute atomic E-state index is 9.10. The lowest BCUT2D eigenvalue weighted by molar-refractivity contribution is 0.904. The van der Waals surface area contributed by atoms with Crippen LogP contribution in [0.5, 0.6) is 0 Å². The second-order valence-corrected chi connectivity index (χ2v) is 4.44. The summed E-state index contributed by atoms with van der Waals surface area (Å²) in [6.07, 6.45) is 2.73. The predicted octanol–water partition coefficient (Wildman–Crippen LogP) is 4.85. The summed E-state index contributed by atoms with van der Waals surface area (Å²) in [5.74, 6) is 0.365. The lowest BCUT2D eigenvalue weighted by atomic mass is 10.2. The van der Waals surface area contributed by atoms with Gasteiger partial charge >= 0.3 is 0 Å². The molecule has 130 valence electrons. The van der Waals surface area contributed by atoms with Crippen LogP contribution in [0.4, 0.5) is 5.82 Å². The lowest BCUT2D eigenvalue weighted by Crippen LogP contribution is -2.05. The van der Waals surface area contributed by atoms with Crippen LogP contribution >= 0.6 is 11.8 Å². The highest BCUT2D eigenvalue weighted by atomic mass is 32.2. The van der Waals surface area contributed by atoms with E-state index < -0.39 is 0 Å². The van der Waals surface area contributed by atoms with E-state index in [1.54, 1.807) is 4.52 Å². The number of hydrogen-bond donors (Lipinski definition) is 1. The first-order chi connectivity index (χ1) is 11.1. The largest absolute Gasteiger partial charge is 0.382 e. The van der Waals surface area contributed by atoms with Crippen molar-refractivity contribution >= 4 is 23.2 Å². The number of nitrogens with two attached hydrogens (primary N) is 1. The fraction of sp³-hybridized carbons (Fsp3) is 0.588. The molecular formula is C17H31N5S. The topological polar surface area (TPSA) is 80.0 Å². The van der Waals surface area contributed by atoms with Crippen LogP contribution in [0.3, 0.4) is 0 Å². The minimum Gasteiger partial charge on any atom is -0.382 e. The van der Waals surface area contributed by atoms with Crippen molar-refractivity contribution in [2.45, 2.75) is 66.8 Å². The minimum absolute atomic E-state index is 0.365. The highest BCUT2D eigenvalue weighted by molar-refractivity contribution is 7.98. The SMILES string of the molecule is CC.CC.CC.CCc1c(C)nn2c(N)c(C#N)c(SC)nc12. The molecule has 6 heteroatoms. The molecule has 2 rings (SSSR count). The van der Waals surface area contributed by atoms with Crippen molar-refractivity contribution < 1.29 is 0 Å². The molecule has 0 fully saturated rings. The maximum atomic E-state index is 9.10. The summed E-state index contributed by atoms with van der Waals surface area (Å²) in [5.41, 5.74) is 9.11. The van der Waals surface area contributed by atoms with E-state index in [4.69, 9.17) is 11.0 Å². The van der Waals surface area contributed by atoms with Crippen molar-refractivity contribution in [3.63, 3.8) is 0 Å². The van der Waals surface area contributed by atoms with Gasteiger partial charge in [-0.3, -0.25) is 0 Å². The van der Waals surface area contributed by atoms with Gasteiger partial charge in [-0.1, -0.05) is 48.5 Å². The highest BCUT2D eigenvalue weighted by Gasteiger charge is 2.17. The van der Waals surface area contributed by atoms with Crippen molar-refractivity contribution in [3.05, 3.63) is 16.8 Å². The Morgan fingerprint density at radius 1 is 1.17 bits per heavy atom. The van der Waals surface area contributed by atoms with Crippen LogP contribution in [0.15, 0.2) is 5.03 Å². The third-order valence-electron chi connectivity index (χ3n) is 2.72. The summed E-state index contributed by atoms with van der Waals surface area (Å²) >= 11 is 1.42. The number of anilines is 1. The van der Waals surface area contributed by atoms with Crippen LogP contribution in [-0.4, -0.2) is 20.9 Å². The van der Waals surface area contributed by atoms with Crippen LogP contribution in [0.25, 0.3) is 5.65 Å². The van der Waals surface area contributed by atoms with Crippen molar-refractivity contribution in [2.24, 2.45) is 0 Å². The molecule has 0 aliphatic heterocycles. The van der Waals surface area contributed by atoms with Crippen LogP contribution in [0.2, 0.25) is 0 Å². The molecule has 0 atom stereocenters. The van der Waals surface area contributed by atoms with Gasteiger partial charge in [0, 0.05) is 5.56 Å². The first-order valence-electron chi connectivity index (χ1n) is 8.25. The predicted molar refractivity (Wildman–Crippen MR) is 102 cm³/mol. The zero-order valence-corrected chi connectivity index (χ0v) is 16.8. The molecule has 0 amide bonds. The fourth-order valence-corrected chi connectivity index (χ4v) is 2.40. The minimum atomic E-state index is 0.365. The van der Waals surface area contributed by atoms with E-state index in [0.717, 1.165) is 23.3 Å². The van der Waals surface area contributed by atoms with Crippen LogP contribution in [-0.2, 0) is 6.42 Å². The molecule has 0 saturated heterocycles. The number of fused-ring (bicyclic) bond motifs is 1. The standard InChI is InChI=1S/C11H13N5S.3C2H6/c1-4-7-6(2)15-16-9(13)8(5-12)11(17-3)14-10(7)16;3*1-2/h4,13H2,1-3H3;3*1-2H3. The van der Waals surface area contributed by atoms with Crippen LogP contribution in [0.1, 0.15) is 65.3 Å². The Kier molecular flexibility index (Phi) is 13.1. The average Bonchev–Trinajstić information content (AvgIpc) is 2.95. The number of rotatable bonds is 2. The quantitative estimate of drug-likeness (QED) is 0.625. The van der Waals surface area contributed by atoms with E-state index in [0.29, 0.717) is 16.4 Å². The summed E-state index contributed by atoms with van der Waals surface area (Å²) in [6, 6.07) is 2.08. The molecule has 5 nitrogen and oxygen atoms in total. The first kappa shape index (κ1) is 23.5. The van der Waals surface area contributed by atoms with Crippen molar-refractivity contribution in [2.75, 3.05) is 12.0 Å². The second-order valence-electron chi connectivity index (χ2n) is 3.65. The molecule has 0 unspecified atom stereocenters. The second kappa shape index (κ2) is 12.8. The van der Waals surface area contributed by atoms with E-state index in [1.165, 1.54) is 11.8 Å². The fourth-order valence-electron chi connectivity index (χ4n) is 1.86. The molecule has 2 N–H and O–H groups in total. The summed E-state index contributed by atoms with van der Waals surface area (Å²) < 4.78 is 1.56. The monoisotopic (exact) mass is 337 g/mol. The molecule has 0 aromatic carbocycles. The molecule has 2 heterocycles.